The summed E-state index contributed by atoms with van der Waals surface area (Å²) in [4.78, 5) is 0. The summed E-state index contributed by atoms with van der Waals surface area (Å²) in [5.41, 5.74) is 0.665. The third kappa shape index (κ3) is 3.23. The van der Waals surface area contributed by atoms with Gasteiger partial charge in [-0.2, -0.15) is 5.26 Å². The largest absolute Gasteiger partial charge is 0.370 e. The molecule has 1 atom stereocenters. The lowest BCUT2D eigenvalue weighted by molar-refractivity contribution is 0.469. The van der Waals surface area contributed by atoms with Gasteiger partial charge >= 0.3 is 0 Å². The van der Waals surface area contributed by atoms with Gasteiger partial charge in [-0.1, -0.05) is 32.8 Å². The summed E-state index contributed by atoms with van der Waals surface area (Å²) in [6.07, 6.45) is 1.88. The average molecular weight is 220 g/mol. The van der Waals surface area contributed by atoms with E-state index in [2.05, 4.69) is 25.2 Å². The van der Waals surface area contributed by atoms with Crippen molar-refractivity contribution in [2.45, 2.75) is 32.7 Å². The molecule has 0 fully saturated rings. The van der Waals surface area contributed by atoms with Crippen LogP contribution in [-0.4, -0.2) is 6.04 Å². The number of nitrogens with zero attached hydrogens (tertiary/aromatic N) is 1. The van der Waals surface area contributed by atoms with Crippen LogP contribution in [-0.2, 0) is 0 Å². The fraction of sp³-hybridized carbons (Fsp3) is 0.462. The zero-order valence-corrected chi connectivity index (χ0v) is 9.70. The molecule has 0 spiro atoms. The number of nitrogens with one attached hydrogen (secondary N) is 1. The predicted molar refractivity (Wildman–Crippen MR) is 63.5 cm³/mol. The van der Waals surface area contributed by atoms with Crippen molar-refractivity contribution in [2.75, 3.05) is 5.32 Å². The third-order valence-corrected chi connectivity index (χ3v) is 2.81. The van der Waals surface area contributed by atoms with Crippen LogP contribution in [0.4, 0.5) is 10.1 Å². The van der Waals surface area contributed by atoms with E-state index in [1.165, 1.54) is 12.1 Å². The van der Waals surface area contributed by atoms with E-state index in [-0.39, 0.29) is 11.9 Å². The van der Waals surface area contributed by atoms with E-state index in [0.717, 1.165) is 12.8 Å². The van der Waals surface area contributed by atoms with Crippen LogP contribution in [0.25, 0.3) is 0 Å². The minimum atomic E-state index is -0.286. The molecular weight excluding hydrogens is 203 g/mol. The van der Waals surface area contributed by atoms with E-state index in [0.29, 0.717) is 11.6 Å². The molecule has 2 nitrogen and oxygen atoms in total. The Morgan fingerprint density at radius 2 is 2.06 bits per heavy atom. The second-order valence-electron chi connectivity index (χ2n) is 3.84. The number of benzene rings is 1. The normalized spacial score (nSPS) is 12.2. The highest BCUT2D eigenvalue weighted by Gasteiger charge is 2.17. The molecule has 0 bridgehead atoms. The summed E-state index contributed by atoms with van der Waals surface area (Å²) in [7, 11) is 0. The van der Waals surface area contributed by atoms with Crippen molar-refractivity contribution in [2.24, 2.45) is 5.92 Å². The van der Waals surface area contributed by atoms with Crippen molar-refractivity contribution in [3.8, 4) is 6.07 Å². The molecule has 1 aromatic carbocycles. The van der Waals surface area contributed by atoms with Gasteiger partial charge in [0.1, 0.15) is 11.9 Å². The van der Waals surface area contributed by atoms with Gasteiger partial charge in [0.2, 0.25) is 0 Å². The smallest absolute Gasteiger partial charge is 0.125 e. The number of anilines is 1. The van der Waals surface area contributed by atoms with Crippen molar-refractivity contribution in [3.63, 3.8) is 0 Å². The zero-order valence-electron chi connectivity index (χ0n) is 9.70. The Kier molecular flexibility index (Phi) is 4.78. The van der Waals surface area contributed by atoms with Gasteiger partial charge < -0.3 is 5.32 Å². The standard InChI is InChI=1S/C13H17FN2/c1-3-10(4-2)13(9-15)16-12-7-5-6-11(14)8-12/h5-8,10,13,16H,3-4H2,1-2H3. The van der Waals surface area contributed by atoms with Crippen molar-refractivity contribution in [3.05, 3.63) is 30.1 Å². The maximum absolute atomic E-state index is 13.0. The quantitative estimate of drug-likeness (QED) is 0.823. The van der Waals surface area contributed by atoms with E-state index >= 15 is 0 Å². The molecule has 0 aliphatic rings. The lowest BCUT2D eigenvalue weighted by atomic mass is 9.95. The first kappa shape index (κ1) is 12.5. The zero-order chi connectivity index (χ0) is 12.0. The molecule has 0 aliphatic carbocycles. The summed E-state index contributed by atoms with van der Waals surface area (Å²) < 4.78 is 13.0. The maximum atomic E-state index is 13.0. The third-order valence-electron chi connectivity index (χ3n) is 2.81. The minimum absolute atomic E-state index is 0.253. The second kappa shape index (κ2) is 6.12. The highest BCUT2D eigenvalue weighted by atomic mass is 19.1. The van der Waals surface area contributed by atoms with Crippen molar-refractivity contribution in [1.29, 1.82) is 5.26 Å². The van der Waals surface area contributed by atoms with Gasteiger partial charge in [-0.25, -0.2) is 4.39 Å². The summed E-state index contributed by atoms with van der Waals surface area (Å²) in [6.45, 7) is 4.12. The summed E-state index contributed by atoms with van der Waals surface area (Å²) in [5.74, 6) is 0.0134. The van der Waals surface area contributed by atoms with Gasteiger partial charge in [0.25, 0.3) is 0 Å². The molecule has 0 radical (unpaired) electrons. The first-order valence-corrected chi connectivity index (χ1v) is 5.63. The van der Waals surface area contributed by atoms with Crippen molar-refractivity contribution >= 4 is 5.69 Å². The first-order chi connectivity index (χ1) is 7.71. The Morgan fingerprint density at radius 3 is 2.56 bits per heavy atom. The molecule has 1 rings (SSSR count). The van der Waals surface area contributed by atoms with Gasteiger partial charge in [-0.05, 0) is 24.1 Å². The highest BCUT2D eigenvalue weighted by molar-refractivity contribution is 5.45. The highest BCUT2D eigenvalue weighted by Crippen LogP contribution is 2.18. The van der Waals surface area contributed by atoms with E-state index in [9.17, 15) is 4.39 Å². The van der Waals surface area contributed by atoms with E-state index in [1.54, 1.807) is 12.1 Å². The topological polar surface area (TPSA) is 35.8 Å². The molecule has 16 heavy (non-hydrogen) atoms. The van der Waals surface area contributed by atoms with Crippen LogP contribution in [0.5, 0.6) is 0 Å². The maximum Gasteiger partial charge on any atom is 0.125 e. The molecule has 0 saturated heterocycles. The molecule has 3 heteroatoms. The molecule has 0 aromatic heterocycles. The fourth-order valence-electron chi connectivity index (χ4n) is 1.77. The van der Waals surface area contributed by atoms with Crippen LogP contribution in [0.3, 0.4) is 0 Å². The van der Waals surface area contributed by atoms with E-state index < -0.39 is 0 Å². The molecule has 86 valence electrons. The van der Waals surface area contributed by atoms with E-state index in [4.69, 9.17) is 5.26 Å². The van der Waals surface area contributed by atoms with Crippen molar-refractivity contribution in [1.82, 2.24) is 0 Å². The lowest BCUT2D eigenvalue weighted by Gasteiger charge is -2.21. The van der Waals surface area contributed by atoms with Crippen molar-refractivity contribution < 1.29 is 4.39 Å². The van der Waals surface area contributed by atoms with Crippen LogP contribution in [0.1, 0.15) is 26.7 Å². The number of hydrogen-bond acceptors (Lipinski definition) is 2. The van der Waals surface area contributed by atoms with Gasteiger partial charge in [-0.3, -0.25) is 0 Å². The fourth-order valence-corrected chi connectivity index (χ4v) is 1.77. The van der Waals surface area contributed by atoms with Gasteiger partial charge in [0.15, 0.2) is 0 Å². The SMILES string of the molecule is CCC(CC)C(C#N)Nc1cccc(F)c1. The Morgan fingerprint density at radius 1 is 1.38 bits per heavy atom. The molecule has 1 N–H and O–H groups in total. The average Bonchev–Trinajstić information content (AvgIpc) is 2.29. The Hall–Kier alpha value is -1.56. The van der Waals surface area contributed by atoms with Gasteiger partial charge in [-0.15, -0.1) is 0 Å². The first-order valence-electron chi connectivity index (χ1n) is 5.63. The number of nitriles is 1. The molecule has 0 amide bonds. The number of rotatable bonds is 5. The Labute approximate surface area is 96.1 Å². The summed E-state index contributed by atoms with van der Waals surface area (Å²) in [6, 6.07) is 8.20. The summed E-state index contributed by atoms with van der Waals surface area (Å²) in [5, 5.41) is 12.2. The summed E-state index contributed by atoms with van der Waals surface area (Å²) >= 11 is 0. The molecule has 1 unspecified atom stereocenters. The van der Waals surface area contributed by atoms with Gasteiger partial charge in [0.05, 0.1) is 6.07 Å². The molecule has 0 heterocycles. The second-order valence-corrected chi connectivity index (χ2v) is 3.84. The predicted octanol–water partition coefficient (Wildman–Crippen LogP) is 3.57. The molecule has 1 aromatic rings. The minimum Gasteiger partial charge on any atom is -0.370 e. The Bertz CT molecular complexity index is 366. The van der Waals surface area contributed by atoms with Crippen LogP contribution < -0.4 is 5.32 Å². The van der Waals surface area contributed by atoms with Crippen LogP contribution in [0.2, 0.25) is 0 Å². The molecule has 0 aliphatic heterocycles. The number of halogens is 1. The van der Waals surface area contributed by atoms with Gasteiger partial charge in [0, 0.05) is 5.69 Å². The Balaban J connectivity index is 2.74. The van der Waals surface area contributed by atoms with Crippen LogP contribution in [0, 0.1) is 23.1 Å². The molecule has 0 saturated carbocycles. The molecular formula is C13H17FN2. The van der Waals surface area contributed by atoms with Crippen LogP contribution >= 0.6 is 0 Å². The number of hydrogen-bond donors (Lipinski definition) is 1. The monoisotopic (exact) mass is 220 g/mol. The lowest BCUT2D eigenvalue weighted by Crippen LogP contribution is -2.26. The van der Waals surface area contributed by atoms with Crippen LogP contribution in [0.15, 0.2) is 24.3 Å². The van der Waals surface area contributed by atoms with E-state index in [1.807, 2.05) is 0 Å².